The third-order valence-electron chi connectivity index (χ3n) is 2.70. The minimum absolute atomic E-state index is 0.134. The molecule has 0 heterocycles. The maximum absolute atomic E-state index is 10.8. The van der Waals surface area contributed by atoms with E-state index in [2.05, 4.69) is 17.1 Å². The molecular formula is C12H19N3O2. The molecule has 5 nitrogen and oxygen atoms in total. The molecule has 0 aliphatic carbocycles. The summed E-state index contributed by atoms with van der Waals surface area (Å²) < 4.78 is 0. The number of aryl methyl sites for hydroxylation is 1. The summed E-state index contributed by atoms with van der Waals surface area (Å²) in [6.45, 7) is 6.54. The lowest BCUT2D eigenvalue weighted by Gasteiger charge is -2.14. The number of hydrogen-bond donors (Lipinski definition) is 1. The topological polar surface area (TPSA) is 58.4 Å². The first-order chi connectivity index (χ1) is 8.04. The van der Waals surface area contributed by atoms with E-state index in [1.165, 1.54) is 0 Å². The minimum Gasteiger partial charge on any atom is -0.378 e. The van der Waals surface area contributed by atoms with Gasteiger partial charge in [-0.25, -0.2) is 0 Å². The number of nitro groups is 1. The highest BCUT2D eigenvalue weighted by atomic mass is 16.6. The standard InChI is InChI=1S/C12H19N3O2/c1-4-14(3)8-7-13-11-9-10(2)5-6-12(11)15(16)17/h5-6,9,13H,4,7-8H2,1-3H3. The van der Waals surface area contributed by atoms with Gasteiger partial charge in [0.1, 0.15) is 5.69 Å². The maximum atomic E-state index is 10.8. The Morgan fingerprint density at radius 3 is 2.76 bits per heavy atom. The average Bonchev–Trinajstić information content (AvgIpc) is 2.28. The van der Waals surface area contributed by atoms with Crippen molar-refractivity contribution in [1.29, 1.82) is 0 Å². The Morgan fingerprint density at radius 2 is 2.18 bits per heavy atom. The molecule has 94 valence electrons. The Bertz CT molecular complexity index is 393. The molecule has 0 saturated heterocycles. The molecule has 0 fully saturated rings. The van der Waals surface area contributed by atoms with Crippen LogP contribution in [-0.2, 0) is 0 Å². The Hall–Kier alpha value is -1.62. The summed E-state index contributed by atoms with van der Waals surface area (Å²) in [6.07, 6.45) is 0. The molecule has 1 aromatic rings. The Morgan fingerprint density at radius 1 is 1.47 bits per heavy atom. The van der Waals surface area contributed by atoms with Crippen molar-refractivity contribution in [2.45, 2.75) is 13.8 Å². The fraction of sp³-hybridized carbons (Fsp3) is 0.500. The second kappa shape index (κ2) is 6.20. The first-order valence-corrected chi connectivity index (χ1v) is 5.72. The molecule has 0 radical (unpaired) electrons. The van der Waals surface area contributed by atoms with E-state index in [4.69, 9.17) is 0 Å². The SMILES string of the molecule is CCN(C)CCNc1cc(C)ccc1[N+](=O)[O-]. The highest BCUT2D eigenvalue weighted by molar-refractivity contribution is 5.62. The molecule has 17 heavy (non-hydrogen) atoms. The summed E-state index contributed by atoms with van der Waals surface area (Å²) >= 11 is 0. The summed E-state index contributed by atoms with van der Waals surface area (Å²) in [5.41, 5.74) is 1.75. The van der Waals surface area contributed by atoms with E-state index in [0.717, 1.165) is 18.7 Å². The van der Waals surface area contributed by atoms with Gasteiger partial charge in [-0.3, -0.25) is 10.1 Å². The largest absolute Gasteiger partial charge is 0.378 e. The smallest absolute Gasteiger partial charge is 0.292 e. The number of nitro benzene ring substituents is 1. The van der Waals surface area contributed by atoms with Crippen LogP contribution in [0.3, 0.4) is 0 Å². The minimum atomic E-state index is -0.356. The molecule has 0 amide bonds. The van der Waals surface area contributed by atoms with Crippen LogP contribution in [0.2, 0.25) is 0 Å². The number of nitrogens with one attached hydrogen (secondary N) is 1. The maximum Gasteiger partial charge on any atom is 0.292 e. The van der Waals surface area contributed by atoms with Crippen molar-refractivity contribution in [3.63, 3.8) is 0 Å². The van der Waals surface area contributed by atoms with E-state index in [1.807, 2.05) is 20.0 Å². The summed E-state index contributed by atoms with van der Waals surface area (Å²) in [6, 6.07) is 5.10. The molecule has 0 bridgehead atoms. The molecule has 0 aliphatic rings. The van der Waals surface area contributed by atoms with Gasteiger partial charge >= 0.3 is 0 Å². The number of nitrogens with zero attached hydrogens (tertiary/aromatic N) is 2. The fourth-order valence-electron chi connectivity index (χ4n) is 1.49. The lowest BCUT2D eigenvalue weighted by Crippen LogP contribution is -2.24. The van der Waals surface area contributed by atoms with Gasteiger partial charge in [0.05, 0.1) is 4.92 Å². The second-order valence-electron chi connectivity index (χ2n) is 4.10. The van der Waals surface area contributed by atoms with Crippen molar-refractivity contribution in [3.8, 4) is 0 Å². The van der Waals surface area contributed by atoms with Gasteiger partial charge in [0.2, 0.25) is 0 Å². The van der Waals surface area contributed by atoms with E-state index in [9.17, 15) is 10.1 Å². The Balaban J connectivity index is 2.68. The molecule has 0 aromatic heterocycles. The molecule has 1 aromatic carbocycles. The van der Waals surface area contributed by atoms with Gasteiger partial charge in [0.15, 0.2) is 0 Å². The van der Waals surface area contributed by atoms with Crippen molar-refractivity contribution in [3.05, 3.63) is 33.9 Å². The van der Waals surface area contributed by atoms with Crippen molar-refractivity contribution in [1.82, 2.24) is 4.90 Å². The number of hydrogen-bond acceptors (Lipinski definition) is 4. The highest BCUT2D eigenvalue weighted by Gasteiger charge is 2.12. The number of anilines is 1. The van der Waals surface area contributed by atoms with Gasteiger partial charge in [-0.2, -0.15) is 0 Å². The van der Waals surface area contributed by atoms with Gasteiger partial charge in [-0.05, 0) is 32.1 Å². The fourth-order valence-corrected chi connectivity index (χ4v) is 1.49. The zero-order chi connectivity index (χ0) is 12.8. The zero-order valence-corrected chi connectivity index (χ0v) is 10.6. The highest BCUT2D eigenvalue weighted by Crippen LogP contribution is 2.24. The lowest BCUT2D eigenvalue weighted by molar-refractivity contribution is -0.384. The Kier molecular flexibility index (Phi) is 4.90. The van der Waals surface area contributed by atoms with Gasteiger partial charge in [0, 0.05) is 19.2 Å². The van der Waals surface area contributed by atoms with E-state index in [0.29, 0.717) is 12.2 Å². The molecule has 0 atom stereocenters. The van der Waals surface area contributed by atoms with Crippen LogP contribution in [0.25, 0.3) is 0 Å². The average molecular weight is 237 g/mol. The third kappa shape index (κ3) is 4.03. The van der Waals surface area contributed by atoms with Crippen molar-refractivity contribution >= 4 is 11.4 Å². The van der Waals surface area contributed by atoms with Crippen LogP contribution in [-0.4, -0.2) is 36.5 Å². The number of benzene rings is 1. The summed E-state index contributed by atoms with van der Waals surface area (Å²) in [5.74, 6) is 0. The van der Waals surface area contributed by atoms with Gasteiger partial charge in [-0.1, -0.05) is 13.0 Å². The van der Waals surface area contributed by atoms with Gasteiger partial charge in [-0.15, -0.1) is 0 Å². The van der Waals surface area contributed by atoms with Gasteiger partial charge < -0.3 is 10.2 Å². The first-order valence-electron chi connectivity index (χ1n) is 5.72. The lowest BCUT2D eigenvalue weighted by atomic mass is 10.2. The van der Waals surface area contributed by atoms with Crippen molar-refractivity contribution in [2.24, 2.45) is 0 Å². The molecule has 1 rings (SSSR count). The van der Waals surface area contributed by atoms with Crippen LogP contribution >= 0.6 is 0 Å². The molecule has 0 saturated carbocycles. The van der Waals surface area contributed by atoms with Crippen LogP contribution in [0, 0.1) is 17.0 Å². The van der Waals surface area contributed by atoms with Crippen LogP contribution in [0.5, 0.6) is 0 Å². The second-order valence-corrected chi connectivity index (χ2v) is 4.10. The molecule has 5 heteroatoms. The summed E-state index contributed by atoms with van der Waals surface area (Å²) in [7, 11) is 2.02. The monoisotopic (exact) mass is 237 g/mol. The predicted molar refractivity (Wildman–Crippen MR) is 69.5 cm³/mol. The number of rotatable bonds is 6. The zero-order valence-electron chi connectivity index (χ0n) is 10.6. The number of likely N-dealkylation sites (N-methyl/N-ethyl adjacent to an activating group) is 1. The van der Waals surface area contributed by atoms with Crippen LogP contribution in [0.15, 0.2) is 18.2 Å². The molecule has 0 spiro atoms. The normalized spacial score (nSPS) is 10.6. The first kappa shape index (κ1) is 13.4. The van der Waals surface area contributed by atoms with E-state index >= 15 is 0 Å². The van der Waals surface area contributed by atoms with E-state index in [1.54, 1.807) is 12.1 Å². The molecule has 0 aliphatic heterocycles. The van der Waals surface area contributed by atoms with Crippen LogP contribution < -0.4 is 5.32 Å². The van der Waals surface area contributed by atoms with Crippen LogP contribution in [0.4, 0.5) is 11.4 Å². The van der Waals surface area contributed by atoms with Crippen molar-refractivity contribution in [2.75, 3.05) is 32.0 Å². The quantitative estimate of drug-likeness (QED) is 0.609. The molecule has 1 N–H and O–H groups in total. The van der Waals surface area contributed by atoms with E-state index < -0.39 is 0 Å². The van der Waals surface area contributed by atoms with E-state index in [-0.39, 0.29) is 10.6 Å². The van der Waals surface area contributed by atoms with Crippen molar-refractivity contribution < 1.29 is 4.92 Å². The summed E-state index contributed by atoms with van der Waals surface area (Å²) in [4.78, 5) is 12.6. The van der Waals surface area contributed by atoms with Gasteiger partial charge in [0.25, 0.3) is 5.69 Å². The Labute approximate surface area is 102 Å². The third-order valence-corrected chi connectivity index (χ3v) is 2.70. The molecular weight excluding hydrogens is 218 g/mol. The predicted octanol–water partition coefficient (Wildman–Crippen LogP) is 2.27. The molecule has 0 unspecified atom stereocenters. The van der Waals surface area contributed by atoms with Crippen LogP contribution in [0.1, 0.15) is 12.5 Å². The summed E-state index contributed by atoms with van der Waals surface area (Å²) in [5, 5.41) is 14.0.